The van der Waals surface area contributed by atoms with Crippen LogP contribution in [0.3, 0.4) is 0 Å². The zero-order chi connectivity index (χ0) is 61.3. The molecular formula is C59H96O25. The third-order valence-electron chi connectivity index (χ3n) is 23.1. The maximum atomic E-state index is 15.1. The quantitative estimate of drug-likeness (QED) is 0.0600. The van der Waals surface area contributed by atoms with E-state index in [1.165, 1.54) is 19.4 Å². The number of rotatable bonds is 12. The first-order chi connectivity index (χ1) is 39.3. The number of hydrogen-bond acceptors (Lipinski definition) is 25. The molecule has 0 bridgehead atoms. The molecule has 32 atom stereocenters. The van der Waals surface area contributed by atoms with Crippen molar-refractivity contribution < 1.29 is 124 Å². The summed E-state index contributed by atoms with van der Waals surface area (Å²) in [4.78, 5) is 15.1. The second-order valence-corrected chi connectivity index (χ2v) is 28.6. The molecule has 482 valence electrons. The van der Waals surface area contributed by atoms with Gasteiger partial charge in [0, 0.05) is 0 Å². The highest BCUT2D eigenvalue weighted by Crippen LogP contribution is 2.76. The summed E-state index contributed by atoms with van der Waals surface area (Å²) in [7, 11) is 0. The van der Waals surface area contributed by atoms with Crippen LogP contribution in [0.25, 0.3) is 0 Å². The van der Waals surface area contributed by atoms with Gasteiger partial charge >= 0.3 is 5.97 Å². The average Bonchev–Trinajstić information content (AvgIpc) is 0.735. The molecule has 5 aliphatic carbocycles. The van der Waals surface area contributed by atoms with E-state index in [0.717, 1.165) is 32.1 Å². The lowest BCUT2D eigenvalue weighted by Gasteiger charge is -2.71. The summed E-state index contributed by atoms with van der Waals surface area (Å²) < 4.78 is 60.5. The molecule has 10 rings (SSSR count). The van der Waals surface area contributed by atoms with Crippen LogP contribution in [0.15, 0.2) is 11.6 Å². The Morgan fingerprint density at radius 2 is 1.08 bits per heavy atom. The molecule has 0 radical (unpaired) electrons. The highest BCUT2D eigenvalue weighted by atomic mass is 16.8. The van der Waals surface area contributed by atoms with Gasteiger partial charge in [0.05, 0.1) is 43.5 Å². The van der Waals surface area contributed by atoms with Crippen LogP contribution in [0.5, 0.6) is 0 Å². The maximum absolute atomic E-state index is 15.1. The van der Waals surface area contributed by atoms with Crippen molar-refractivity contribution in [1.82, 2.24) is 0 Å². The Hall–Kier alpha value is -1.71. The van der Waals surface area contributed by atoms with Gasteiger partial charge in [-0.1, -0.05) is 60.1 Å². The van der Waals surface area contributed by atoms with E-state index < -0.39 is 184 Å². The summed E-state index contributed by atoms with van der Waals surface area (Å²) in [6, 6.07) is 0. The summed E-state index contributed by atoms with van der Waals surface area (Å²) in [5.74, 6) is -0.492. The SMILES string of the molecule is C[C@@H]1O[C@@H](O[C@H]2[C@H](O[C@H]3[C@H](O[C@H]4CC[C@@]5(C)C(CC[C@]6(C)C5CC=C5[C@@H]7CC(C)(C)CC[C@]7(C(=O)O[C@@H]7O[C@H](CO)[C@@H](O[C@@H]8O[C@@H](C)[C@H](O)[C@@H](O)[C@H]8O)[C@H](O)[C@H]7O)CC[C@]56C)C4(C)C)OC[C@H](O)[C@@H]3O)O[C@H](CO)[C@@H](O)[C@@H]2O)[C@H](O)[C@H](O)[C@H]1O. The average molecular weight is 1210 g/mol. The number of aliphatic hydroxyl groups excluding tert-OH is 14. The van der Waals surface area contributed by atoms with Crippen LogP contribution in [0.4, 0.5) is 0 Å². The van der Waals surface area contributed by atoms with Gasteiger partial charge < -0.3 is 119 Å². The fraction of sp³-hybridized carbons (Fsp3) is 0.949. The monoisotopic (exact) mass is 1200 g/mol. The van der Waals surface area contributed by atoms with E-state index in [0.29, 0.717) is 32.1 Å². The van der Waals surface area contributed by atoms with Crippen LogP contribution in [-0.2, 0) is 52.2 Å². The van der Waals surface area contributed by atoms with Gasteiger partial charge in [0.15, 0.2) is 25.2 Å². The number of allylic oxidation sites excluding steroid dienone is 2. The highest BCUT2D eigenvalue weighted by molar-refractivity contribution is 5.79. The first-order valence-electron chi connectivity index (χ1n) is 30.5. The molecule has 2 unspecified atom stereocenters. The van der Waals surface area contributed by atoms with Gasteiger partial charge in [-0.25, -0.2) is 0 Å². The molecule has 14 N–H and O–H groups in total. The van der Waals surface area contributed by atoms with Gasteiger partial charge in [0.2, 0.25) is 6.29 Å². The summed E-state index contributed by atoms with van der Waals surface area (Å²) in [6.45, 7) is 17.0. The lowest BCUT2D eigenvalue weighted by atomic mass is 9.33. The van der Waals surface area contributed by atoms with Gasteiger partial charge in [0.1, 0.15) is 104 Å². The van der Waals surface area contributed by atoms with Gasteiger partial charge in [-0.05, 0) is 123 Å². The van der Waals surface area contributed by atoms with Crippen molar-refractivity contribution in [2.24, 2.45) is 50.2 Å². The summed E-state index contributed by atoms with van der Waals surface area (Å²) in [5, 5.41) is 151. The third kappa shape index (κ3) is 10.8. The summed E-state index contributed by atoms with van der Waals surface area (Å²) >= 11 is 0. The minimum absolute atomic E-state index is 0.109. The Morgan fingerprint density at radius 1 is 0.536 bits per heavy atom. The molecule has 25 nitrogen and oxygen atoms in total. The highest BCUT2D eigenvalue weighted by Gasteiger charge is 2.70. The van der Waals surface area contributed by atoms with Crippen LogP contribution >= 0.6 is 0 Å². The topological polar surface area (TPSA) is 393 Å². The molecule has 5 heterocycles. The lowest BCUT2D eigenvalue weighted by molar-refractivity contribution is -0.392. The second kappa shape index (κ2) is 23.8. The van der Waals surface area contributed by atoms with E-state index in [1.54, 1.807) is 0 Å². The molecule has 0 amide bonds. The summed E-state index contributed by atoms with van der Waals surface area (Å²) in [5.41, 5.74) is -1.23. The number of fused-ring (bicyclic) bond motifs is 7. The van der Waals surface area contributed by atoms with E-state index in [2.05, 4.69) is 54.5 Å². The fourth-order valence-corrected chi connectivity index (χ4v) is 17.6. The molecule has 0 aromatic carbocycles. The molecule has 10 aliphatic rings. The minimum atomic E-state index is -1.84. The number of carbonyl (C=O) groups is 1. The third-order valence-corrected chi connectivity index (χ3v) is 23.1. The Labute approximate surface area is 490 Å². The van der Waals surface area contributed by atoms with E-state index in [-0.39, 0.29) is 46.0 Å². The van der Waals surface area contributed by atoms with Gasteiger partial charge in [0.25, 0.3) is 0 Å². The summed E-state index contributed by atoms with van der Waals surface area (Å²) in [6.07, 6.45) is -28.7. The molecule has 0 aromatic heterocycles. The fourth-order valence-electron chi connectivity index (χ4n) is 17.6. The molecule has 5 aliphatic heterocycles. The second-order valence-electron chi connectivity index (χ2n) is 28.6. The van der Waals surface area contributed by atoms with Crippen molar-refractivity contribution in [2.45, 2.75) is 280 Å². The Kier molecular flexibility index (Phi) is 18.5. The molecule has 4 saturated carbocycles. The standard InChI is InChI=1S/C59H96O25/c1-24-34(63)38(67)42(71)48(76-24)81-45-30(22-61)79-50(44(73)41(45)70)84-53(74)59-18-16-54(3,4)20-27(59)26-10-11-32-56(7)14-13-33(55(5,6)31(56)12-15-58(32,9)57(26,8)17-19-59)80-51-46(36(65)28(62)23-75-51)83-52-47(40(69)37(66)29(21-60)78-52)82-49-43(72)39(68)35(64)25(2)77-49/h10,24-25,27-52,60-73H,11-23H2,1-9H3/t24-,25-,27-,28-,29+,30+,31?,32?,33-,34-,35-,36-,37+,38+,39+,40-,41+,42+,43+,44+,45+,46+,47+,48-,49-,50-,51-,52-,56-,57+,58+,59-/m0/s1. The largest absolute Gasteiger partial charge is 0.432 e. The van der Waals surface area contributed by atoms with E-state index >= 15 is 4.79 Å². The van der Waals surface area contributed by atoms with E-state index in [1.807, 2.05) is 0 Å². The zero-order valence-corrected chi connectivity index (χ0v) is 49.7. The molecule has 25 heteroatoms. The molecule has 9 fully saturated rings. The van der Waals surface area contributed by atoms with Crippen LogP contribution in [0.1, 0.15) is 127 Å². The van der Waals surface area contributed by atoms with Crippen LogP contribution in [0.2, 0.25) is 0 Å². The van der Waals surface area contributed by atoms with E-state index in [4.69, 9.17) is 47.4 Å². The van der Waals surface area contributed by atoms with Crippen LogP contribution in [-0.4, -0.2) is 251 Å². The predicted octanol–water partition coefficient (Wildman–Crippen LogP) is -1.52. The molecule has 0 spiro atoms. The lowest BCUT2D eigenvalue weighted by Crippen LogP contribution is -2.67. The van der Waals surface area contributed by atoms with Crippen molar-refractivity contribution in [2.75, 3.05) is 19.8 Å². The van der Waals surface area contributed by atoms with Crippen LogP contribution < -0.4 is 0 Å². The minimum Gasteiger partial charge on any atom is -0.432 e. The Morgan fingerprint density at radius 3 is 1.70 bits per heavy atom. The molecule has 5 saturated heterocycles. The zero-order valence-electron chi connectivity index (χ0n) is 49.7. The van der Waals surface area contributed by atoms with Gasteiger partial charge in [-0.2, -0.15) is 0 Å². The Balaban J connectivity index is 0.857. The van der Waals surface area contributed by atoms with Gasteiger partial charge in [-0.3, -0.25) is 4.79 Å². The first-order valence-corrected chi connectivity index (χ1v) is 30.5. The molecular weight excluding hydrogens is 1110 g/mol. The number of carbonyl (C=O) groups excluding carboxylic acids is 1. The predicted molar refractivity (Wildman–Crippen MR) is 287 cm³/mol. The van der Waals surface area contributed by atoms with E-state index in [9.17, 15) is 71.5 Å². The van der Waals surface area contributed by atoms with Crippen molar-refractivity contribution in [3.63, 3.8) is 0 Å². The van der Waals surface area contributed by atoms with Crippen LogP contribution in [0, 0.1) is 50.2 Å². The maximum Gasteiger partial charge on any atom is 0.315 e. The van der Waals surface area contributed by atoms with Gasteiger partial charge in [-0.15, -0.1) is 0 Å². The number of ether oxygens (including phenoxy) is 10. The number of esters is 1. The number of hydrogen-bond donors (Lipinski definition) is 14. The number of aliphatic hydroxyl groups is 14. The normalized spacial score (nSPS) is 54.6. The van der Waals surface area contributed by atoms with Crippen molar-refractivity contribution in [3.8, 4) is 0 Å². The van der Waals surface area contributed by atoms with Crippen molar-refractivity contribution in [1.29, 1.82) is 0 Å². The molecule has 0 aromatic rings. The first kappa shape index (κ1) is 65.2. The Bertz CT molecular complexity index is 2340. The molecule has 84 heavy (non-hydrogen) atoms. The van der Waals surface area contributed by atoms with Crippen molar-refractivity contribution >= 4 is 5.97 Å². The van der Waals surface area contributed by atoms with Crippen molar-refractivity contribution in [3.05, 3.63) is 11.6 Å². The smallest absolute Gasteiger partial charge is 0.315 e.